The standard InChI is InChI=1S/C20H19Cl2N3O2/c21-14-3-1-5-16(11-14)23-7-9-24(10-8-23)18-13-19(26)25(20(18)27)17-6-2-4-15(22)12-17/h1-6,11-12,18H,7-10,13H2. The Morgan fingerprint density at radius 1 is 0.815 bits per heavy atom. The number of rotatable bonds is 3. The van der Waals surface area contributed by atoms with Gasteiger partial charge in [0.1, 0.15) is 0 Å². The van der Waals surface area contributed by atoms with E-state index in [4.69, 9.17) is 23.2 Å². The summed E-state index contributed by atoms with van der Waals surface area (Å²) in [4.78, 5) is 31.0. The highest BCUT2D eigenvalue weighted by Crippen LogP contribution is 2.29. The first kappa shape index (κ1) is 18.3. The maximum absolute atomic E-state index is 12.9. The molecular weight excluding hydrogens is 385 g/mol. The van der Waals surface area contributed by atoms with Gasteiger partial charge in [-0.2, -0.15) is 0 Å². The average Bonchev–Trinajstić information content (AvgIpc) is 2.96. The van der Waals surface area contributed by atoms with Crippen LogP contribution in [-0.4, -0.2) is 48.9 Å². The molecule has 2 saturated heterocycles. The SMILES string of the molecule is O=C1CC(N2CCN(c3cccc(Cl)c3)CC2)C(=O)N1c1cccc(Cl)c1. The van der Waals surface area contributed by atoms with Crippen molar-refractivity contribution in [3.63, 3.8) is 0 Å². The van der Waals surface area contributed by atoms with Gasteiger partial charge >= 0.3 is 0 Å². The fraction of sp³-hybridized carbons (Fsp3) is 0.300. The summed E-state index contributed by atoms with van der Waals surface area (Å²) in [5.74, 6) is -0.344. The van der Waals surface area contributed by atoms with E-state index < -0.39 is 6.04 Å². The second kappa shape index (κ2) is 7.50. The van der Waals surface area contributed by atoms with E-state index in [9.17, 15) is 9.59 Å². The van der Waals surface area contributed by atoms with Crippen molar-refractivity contribution < 1.29 is 9.59 Å². The van der Waals surface area contributed by atoms with Gasteiger partial charge in [-0.05, 0) is 36.4 Å². The number of piperazine rings is 1. The third-order valence-electron chi connectivity index (χ3n) is 5.12. The molecule has 0 aromatic heterocycles. The third kappa shape index (κ3) is 3.68. The number of benzene rings is 2. The lowest BCUT2D eigenvalue weighted by molar-refractivity contribution is -0.123. The summed E-state index contributed by atoms with van der Waals surface area (Å²) < 4.78 is 0. The molecule has 2 aromatic rings. The highest BCUT2D eigenvalue weighted by molar-refractivity contribution is 6.31. The molecule has 7 heteroatoms. The number of amides is 2. The quantitative estimate of drug-likeness (QED) is 0.736. The lowest BCUT2D eigenvalue weighted by atomic mass is 10.1. The van der Waals surface area contributed by atoms with E-state index in [1.54, 1.807) is 24.3 Å². The predicted octanol–water partition coefficient (Wildman–Crippen LogP) is 3.45. The van der Waals surface area contributed by atoms with Crippen molar-refractivity contribution in [2.75, 3.05) is 36.0 Å². The van der Waals surface area contributed by atoms with Crippen molar-refractivity contribution in [3.05, 3.63) is 58.6 Å². The fourth-order valence-electron chi connectivity index (χ4n) is 3.75. The van der Waals surface area contributed by atoms with Gasteiger partial charge in [0, 0.05) is 41.9 Å². The fourth-order valence-corrected chi connectivity index (χ4v) is 4.12. The van der Waals surface area contributed by atoms with Crippen LogP contribution in [0.2, 0.25) is 10.0 Å². The smallest absolute Gasteiger partial charge is 0.251 e. The molecule has 2 amide bonds. The highest BCUT2D eigenvalue weighted by Gasteiger charge is 2.43. The van der Waals surface area contributed by atoms with Crippen molar-refractivity contribution >= 4 is 46.4 Å². The summed E-state index contributed by atoms with van der Waals surface area (Å²) in [6.45, 7) is 3.02. The Hall–Kier alpha value is -2.08. The molecule has 0 N–H and O–H groups in total. The predicted molar refractivity (Wildman–Crippen MR) is 108 cm³/mol. The zero-order valence-electron chi connectivity index (χ0n) is 14.6. The molecule has 2 fully saturated rings. The van der Waals surface area contributed by atoms with Gasteiger partial charge in [-0.15, -0.1) is 0 Å². The van der Waals surface area contributed by atoms with E-state index in [2.05, 4.69) is 9.80 Å². The number of imide groups is 1. The van der Waals surface area contributed by atoms with Crippen LogP contribution in [0.5, 0.6) is 0 Å². The van der Waals surface area contributed by atoms with Crippen molar-refractivity contribution in [1.29, 1.82) is 0 Å². The molecule has 27 heavy (non-hydrogen) atoms. The van der Waals surface area contributed by atoms with Gasteiger partial charge in [0.05, 0.1) is 18.2 Å². The Bertz CT molecular complexity index is 881. The van der Waals surface area contributed by atoms with Crippen LogP contribution in [0.4, 0.5) is 11.4 Å². The Morgan fingerprint density at radius 3 is 2.04 bits per heavy atom. The van der Waals surface area contributed by atoms with Gasteiger partial charge < -0.3 is 4.90 Å². The van der Waals surface area contributed by atoms with Gasteiger partial charge in [0.15, 0.2) is 0 Å². The van der Waals surface area contributed by atoms with E-state index in [-0.39, 0.29) is 18.2 Å². The maximum atomic E-state index is 12.9. The van der Waals surface area contributed by atoms with Crippen molar-refractivity contribution in [2.24, 2.45) is 0 Å². The Balaban J connectivity index is 1.44. The molecule has 140 valence electrons. The van der Waals surface area contributed by atoms with Crippen molar-refractivity contribution in [3.8, 4) is 0 Å². The molecule has 0 radical (unpaired) electrons. The number of carbonyl (C=O) groups excluding carboxylic acids is 2. The Kier molecular flexibility index (Phi) is 5.08. The van der Waals surface area contributed by atoms with Crippen LogP contribution in [0.3, 0.4) is 0 Å². The maximum Gasteiger partial charge on any atom is 0.251 e. The molecule has 2 aliphatic rings. The molecule has 0 spiro atoms. The zero-order chi connectivity index (χ0) is 19.0. The number of hydrogen-bond acceptors (Lipinski definition) is 4. The van der Waals surface area contributed by atoms with Crippen LogP contribution < -0.4 is 9.80 Å². The lowest BCUT2D eigenvalue weighted by Crippen LogP contribution is -2.52. The monoisotopic (exact) mass is 403 g/mol. The van der Waals surface area contributed by atoms with Crippen molar-refractivity contribution in [2.45, 2.75) is 12.5 Å². The van der Waals surface area contributed by atoms with Crippen LogP contribution in [0.15, 0.2) is 48.5 Å². The molecule has 2 heterocycles. The second-order valence-corrected chi connectivity index (χ2v) is 7.64. The summed E-state index contributed by atoms with van der Waals surface area (Å²) >= 11 is 12.1. The second-order valence-electron chi connectivity index (χ2n) is 6.77. The van der Waals surface area contributed by atoms with Crippen LogP contribution in [-0.2, 0) is 9.59 Å². The average molecular weight is 404 g/mol. The van der Waals surface area contributed by atoms with Crippen molar-refractivity contribution in [1.82, 2.24) is 4.90 Å². The third-order valence-corrected chi connectivity index (χ3v) is 5.59. The number of hydrogen-bond donors (Lipinski definition) is 0. The van der Waals surface area contributed by atoms with E-state index in [0.717, 1.165) is 31.9 Å². The van der Waals surface area contributed by atoms with Gasteiger partial charge in [0.2, 0.25) is 5.91 Å². The first-order valence-electron chi connectivity index (χ1n) is 8.90. The number of anilines is 2. The summed E-state index contributed by atoms with van der Waals surface area (Å²) in [5.41, 5.74) is 1.62. The van der Waals surface area contributed by atoms with Crippen LogP contribution in [0.1, 0.15) is 6.42 Å². The topological polar surface area (TPSA) is 43.9 Å². The molecule has 0 saturated carbocycles. The van der Waals surface area contributed by atoms with Crippen LogP contribution >= 0.6 is 23.2 Å². The van der Waals surface area contributed by atoms with Gasteiger partial charge in [-0.25, -0.2) is 4.90 Å². The lowest BCUT2D eigenvalue weighted by Gasteiger charge is -2.38. The largest absolute Gasteiger partial charge is 0.369 e. The van der Waals surface area contributed by atoms with E-state index in [0.29, 0.717) is 15.7 Å². The van der Waals surface area contributed by atoms with E-state index in [1.807, 2.05) is 24.3 Å². The van der Waals surface area contributed by atoms with Crippen LogP contribution in [0, 0.1) is 0 Å². The Labute approximate surface area is 168 Å². The molecule has 0 bridgehead atoms. The van der Waals surface area contributed by atoms with E-state index in [1.165, 1.54) is 4.90 Å². The van der Waals surface area contributed by atoms with E-state index >= 15 is 0 Å². The molecule has 5 nitrogen and oxygen atoms in total. The van der Waals surface area contributed by atoms with Gasteiger partial charge in [-0.1, -0.05) is 35.3 Å². The van der Waals surface area contributed by atoms with Crippen LogP contribution in [0.25, 0.3) is 0 Å². The molecule has 2 aromatic carbocycles. The minimum Gasteiger partial charge on any atom is -0.369 e. The van der Waals surface area contributed by atoms with Gasteiger partial charge in [0.25, 0.3) is 5.91 Å². The summed E-state index contributed by atoms with van der Waals surface area (Å²) in [6, 6.07) is 14.2. The molecule has 2 aliphatic heterocycles. The number of nitrogens with zero attached hydrogens (tertiary/aromatic N) is 3. The first-order valence-corrected chi connectivity index (χ1v) is 9.65. The van der Waals surface area contributed by atoms with Gasteiger partial charge in [-0.3, -0.25) is 14.5 Å². The minimum absolute atomic E-state index is 0.168. The molecule has 4 rings (SSSR count). The highest BCUT2D eigenvalue weighted by atomic mass is 35.5. The number of halogens is 2. The molecule has 1 atom stereocenters. The first-order chi connectivity index (χ1) is 13.0. The molecular formula is C20H19Cl2N3O2. The summed E-state index contributed by atoms with van der Waals surface area (Å²) in [7, 11) is 0. The molecule has 1 unspecified atom stereocenters. The summed E-state index contributed by atoms with van der Waals surface area (Å²) in [6.07, 6.45) is 0.211. The Morgan fingerprint density at radius 2 is 1.41 bits per heavy atom. The zero-order valence-corrected chi connectivity index (χ0v) is 16.2. The summed E-state index contributed by atoms with van der Waals surface area (Å²) in [5, 5.41) is 1.22. The normalized spacial score (nSPS) is 21.2. The minimum atomic E-state index is -0.405. The number of carbonyl (C=O) groups is 2. The molecule has 0 aliphatic carbocycles.